The molecule has 0 radical (unpaired) electrons. The number of benzene rings is 1. The highest BCUT2D eigenvalue weighted by Crippen LogP contribution is 2.11. The van der Waals surface area contributed by atoms with Crippen LogP contribution < -0.4 is 5.32 Å². The average Bonchev–Trinajstić information content (AvgIpc) is 2.16. The van der Waals surface area contributed by atoms with Crippen molar-refractivity contribution in [3.05, 3.63) is 34.3 Å². The summed E-state index contributed by atoms with van der Waals surface area (Å²) in [5, 5.41) is 10.6. The van der Waals surface area contributed by atoms with Crippen molar-refractivity contribution < 1.29 is 14.6 Å². The number of nitrogens with one attached hydrogen (secondary N) is 1. The minimum atomic E-state index is -1.08. The minimum Gasteiger partial charge on any atom is -0.465 e. The Bertz CT molecular complexity index is 326. The van der Waals surface area contributed by atoms with Gasteiger partial charge in [0, 0.05) is 4.47 Å². The van der Waals surface area contributed by atoms with E-state index in [2.05, 4.69) is 21.2 Å². The Hall–Kier alpha value is -1.07. The Morgan fingerprint density at radius 3 is 2.67 bits per heavy atom. The Balaban J connectivity index is 2.36. The van der Waals surface area contributed by atoms with Crippen LogP contribution in [0.25, 0.3) is 0 Å². The molecule has 1 amide bonds. The first-order valence-corrected chi connectivity index (χ1v) is 5.23. The topological polar surface area (TPSA) is 58.6 Å². The second kappa shape index (κ2) is 5.72. The lowest BCUT2D eigenvalue weighted by Crippen LogP contribution is -2.33. The lowest BCUT2D eigenvalue weighted by Gasteiger charge is -2.12. The second-order valence-electron chi connectivity index (χ2n) is 3.03. The van der Waals surface area contributed by atoms with Crippen LogP contribution in [0.3, 0.4) is 0 Å². The molecule has 2 N–H and O–H groups in total. The summed E-state index contributed by atoms with van der Waals surface area (Å²) in [6.45, 7) is 2.03. The van der Waals surface area contributed by atoms with Gasteiger partial charge in [-0.1, -0.05) is 28.1 Å². The second-order valence-corrected chi connectivity index (χ2v) is 3.94. The van der Waals surface area contributed by atoms with E-state index in [0.717, 1.165) is 10.0 Å². The Morgan fingerprint density at radius 1 is 1.53 bits per heavy atom. The summed E-state index contributed by atoms with van der Waals surface area (Å²) in [5.41, 5.74) is 0.997. The number of rotatable bonds is 4. The molecule has 0 fully saturated rings. The molecule has 1 unspecified atom stereocenters. The number of hydrogen-bond donors (Lipinski definition) is 2. The molecule has 4 nitrogen and oxygen atoms in total. The van der Waals surface area contributed by atoms with Gasteiger partial charge in [0.25, 0.3) is 0 Å². The lowest BCUT2D eigenvalue weighted by molar-refractivity contribution is 0.0320. The van der Waals surface area contributed by atoms with Gasteiger partial charge in [0.2, 0.25) is 0 Å². The number of amides is 1. The van der Waals surface area contributed by atoms with Gasteiger partial charge in [-0.25, -0.2) is 4.79 Å². The van der Waals surface area contributed by atoms with Gasteiger partial charge >= 0.3 is 6.09 Å². The van der Waals surface area contributed by atoms with Crippen molar-refractivity contribution in [1.82, 2.24) is 5.32 Å². The van der Waals surface area contributed by atoms with E-state index in [4.69, 9.17) is 9.84 Å². The maximum atomic E-state index is 10.3. The molecule has 15 heavy (non-hydrogen) atoms. The minimum absolute atomic E-state index is 0.384. The van der Waals surface area contributed by atoms with E-state index < -0.39 is 12.3 Å². The highest BCUT2D eigenvalue weighted by atomic mass is 79.9. The number of carboxylic acid groups (broad SMARTS) is 1. The number of ether oxygens (including phenoxy) is 1. The molecule has 5 heteroatoms. The van der Waals surface area contributed by atoms with Gasteiger partial charge in [-0.2, -0.15) is 0 Å². The van der Waals surface area contributed by atoms with Gasteiger partial charge in [-0.3, -0.25) is 5.32 Å². The summed E-state index contributed by atoms with van der Waals surface area (Å²) in [5.74, 6) is 0. The maximum absolute atomic E-state index is 10.3. The molecule has 0 aliphatic carbocycles. The summed E-state index contributed by atoms with van der Waals surface area (Å²) in [6, 6.07) is 7.65. The van der Waals surface area contributed by atoms with Crippen LogP contribution in [0, 0.1) is 0 Å². The molecule has 0 aromatic heterocycles. The van der Waals surface area contributed by atoms with E-state index in [1.165, 1.54) is 0 Å². The molecule has 0 aliphatic heterocycles. The zero-order valence-electron chi connectivity index (χ0n) is 8.24. The molecular weight excluding hydrogens is 262 g/mol. The molecule has 0 spiro atoms. The van der Waals surface area contributed by atoms with Gasteiger partial charge in [0.15, 0.2) is 0 Å². The van der Waals surface area contributed by atoms with Crippen LogP contribution >= 0.6 is 15.9 Å². The molecule has 0 saturated heterocycles. The van der Waals surface area contributed by atoms with E-state index in [9.17, 15) is 4.79 Å². The van der Waals surface area contributed by atoms with E-state index in [1.807, 2.05) is 24.3 Å². The Kier molecular flexibility index (Phi) is 4.58. The van der Waals surface area contributed by atoms with Crippen LogP contribution in [0.2, 0.25) is 0 Å². The fourth-order valence-corrected chi connectivity index (χ4v) is 1.28. The molecule has 0 aliphatic rings. The lowest BCUT2D eigenvalue weighted by atomic mass is 10.2. The van der Waals surface area contributed by atoms with E-state index >= 15 is 0 Å². The normalized spacial score (nSPS) is 12.1. The molecule has 1 atom stereocenters. The van der Waals surface area contributed by atoms with E-state index in [0.29, 0.717) is 6.61 Å². The van der Waals surface area contributed by atoms with Crippen molar-refractivity contribution in [3.8, 4) is 0 Å². The third kappa shape index (κ3) is 4.80. The first-order chi connectivity index (χ1) is 7.08. The van der Waals surface area contributed by atoms with Crippen LogP contribution in [0.15, 0.2) is 28.7 Å². The summed E-state index contributed by atoms with van der Waals surface area (Å²) >= 11 is 3.33. The summed E-state index contributed by atoms with van der Waals surface area (Å²) < 4.78 is 6.27. The molecule has 1 aromatic carbocycles. The fraction of sp³-hybridized carbons (Fsp3) is 0.300. The summed E-state index contributed by atoms with van der Waals surface area (Å²) in [6.07, 6.45) is -1.59. The third-order valence-electron chi connectivity index (χ3n) is 1.74. The average molecular weight is 274 g/mol. The number of carbonyl (C=O) groups is 1. The van der Waals surface area contributed by atoms with Crippen molar-refractivity contribution >= 4 is 22.0 Å². The molecule has 1 rings (SSSR count). The van der Waals surface area contributed by atoms with E-state index in [-0.39, 0.29) is 0 Å². The van der Waals surface area contributed by atoms with Crippen molar-refractivity contribution in [2.75, 3.05) is 0 Å². The van der Waals surface area contributed by atoms with Crippen LogP contribution in [0.1, 0.15) is 12.5 Å². The highest BCUT2D eigenvalue weighted by molar-refractivity contribution is 9.10. The third-order valence-corrected chi connectivity index (χ3v) is 2.27. The van der Waals surface area contributed by atoms with Crippen LogP contribution in [-0.2, 0) is 11.3 Å². The first-order valence-electron chi connectivity index (χ1n) is 4.43. The fourth-order valence-electron chi connectivity index (χ4n) is 1.02. The molecule has 0 saturated carbocycles. The summed E-state index contributed by atoms with van der Waals surface area (Å²) in [4.78, 5) is 10.3. The molecule has 0 heterocycles. The van der Waals surface area contributed by atoms with Gasteiger partial charge in [0.05, 0.1) is 6.61 Å². The SMILES string of the molecule is CC(NC(=O)O)OCc1ccc(Br)cc1. The Labute approximate surface area is 96.4 Å². The molecule has 0 bridgehead atoms. The molecule has 1 aromatic rings. The summed E-state index contributed by atoms with van der Waals surface area (Å²) in [7, 11) is 0. The van der Waals surface area contributed by atoms with Crippen LogP contribution in [0.4, 0.5) is 4.79 Å². The highest BCUT2D eigenvalue weighted by Gasteiger charge is 2.04. The van der Waals surface area contributed by atoms with Crippen molar-refractivity contribution in [2.45, 2.75) is 19.8 Å². The van der Waals surface area contributed by atoms with E-state index in [1.54, 1.807) is 6.92 Å². The predicted molar refractivity (Wildman–Crippen MR) is 59.6 cm³/mol. The van der Waals surface area contributed by atoms with Gasteiger partial charge in [-0.15, -0.1) is 0 Å². The zero-order valence-corrected chi connectivity index (χ0v) is 9.82. The monoisotopic (exact) mass is 273 g/mol. The molecule has 82 valence electrons. The standard InChI is InChI=1S/C10H12BrNO3/c1-7(12-10(13)14)15-6-8-2-4-9(11)5-3-8/h2-5,7,12H,6H2,1H3,(H,13,14). The van der Waals surface area contributed by atoms with Crippen molar-refractivity contribution in [2.24, 2.45) is 0 Å². The number of halogens is 1. The molecular formula is C10H12BrNO3. The maximum Gasteiger partial charge on any atom is 0.406 e. The van der Waals surface area contributed by atoms with Gasteiger partial charge in [0.1, 0.15) is 6.23 Å². The largest absolute Gasteiger partial charge is 0.465 e. The van der Waals surface area contributed by atoms with Crippen molar-refractivity contribution in [1.29, 1.82) is 0 Å². The smallest absolute Gasteiger partial charge is 0.406 e. The first kappa shape index (κ1) is 12.0. The Morgan fingerprint density at radius 2 is 2.13 bits per heavy atom. The quantitative estimate of drug-likeness (QED) is 0.829. The van der Waals surface area contributed by atoms with Crippen molar-refractivity contribution in [3.63, 3.8) is 0 Å². The van der Waals surface area contributed by atoms with Gasteiger partial charge in [-0.05, 0) is 24.6 Å². The van der Waals surface area contributed by atoms with Crippen LogP contribution in [-0.4, -0.2) is 17.4 Å². The van der Waals surface area contributed by atoms with Gasteiger partial charge < -0.3 is 9.84 Å². The number of hydrogen-bond acceptors (Lipinski definition) is 2. The van der Waals surface area contributed by atoms with Crippen LogP contribution in [0.5, 0.6) is 0 Å². The predicted octanol–water partition coefficient (Wildman–Crippen LogP) is 2.58. The zero-order chi connectivity index (χ0) is 11.3.